The van der Waals surface area contributed by atoms with Gasteiger partial charge in [0.1, 0.15) is 5.75 Å². The number of hydrogen-bond donors (Lipinski definition) is 1. The van der Waals surface area contributed by atoms with Gasteiger partial charge in [-0.25, -0.2) is 0 Å². The molecule has 3 aliphatic rings. The van der Waals surface area contributed by atoms with Gasteiger partial charge in [-0.2, -0.15) is 0 Å². The largest absolute Gasteiger partial charge is 0.497 e. The van der Waals surface area contributed by atoms with Crippen molar-refractivity contribution in [3.05, 3.63) is 29.8 Å². The van der Waals surface area contributed by atoms with Gasteiger partial charge in [0, 0.05) is 31.7 Å². The summed E-state index contributed by atoms with van der Waals surface area (Å²) in [6, 6.07) is 8.55. The number of methoxy groups -OCH3 is 1. The third-order valence-electron chi connectivity index (χ3n) is 6.69. The molecule has 3 saturated heterocycles. The highest BCUT2D eigenvalue weighted by Crippen LogP contribution is 2.47. The molecule has 0 unspecified atom stereocenters. The van der Waals surface area contributed by atoms with E-state index in [1.54, 1.807) is 12.0 Å². The van der Waals surface area contributed by atoms with E-state index in [2.05, 4.69) is 12.2 Å². The number of benzene rings is 1. The average Bonchev–Trinajstić information content (AvgIpc) is 3.31. The molecule has 27 heavy (non-hydrogen) atoms. The van der Waals surface area contributed by atoms with Crippen molar-refractivity contribution < 1.29 is 14.3 Å². The summed E-state index contributed by atoms with van der Waals surface area (Å²) in [6.07, 6.45) is 4.02. The monoisotopic (exact) mass is 371 g/mol. The predicted molar refractivity (Wildman–Crippen MR) is 102 cm³/mol. The molecule has 3 aliphatic heterocycles. The zero-order valence-corrected chi connectivity index (χ0v) is 16.2. The highest BCUT2D eigenvalue weighted by molar-refractivity contribution is 5.90. The molecule has 1 aromatic rings. The van der Waals surface area contributed by atoms with Gasteiger partial charge in [-0.15, -0.1) is 0 Å². The highest BCUT2D eigenvalue weighted by Gasteiger charge is 2.55. The molecule has 3 heterocycles. The molecule has 2 bridgehead atoms. The van der Waals surface area contributed by atoms with E-state index in [9.17, 15) is 9.59 Å². The molecule has 1 aromatic carbocycles. The van der Waals surface area contributed by atoms with Gasteiger partial charge in [0.2, 0.25) is 11.8 Å². The van der Waals surface area contributed by atoms with Crippen molar-refractivity contribution in [2.75, 3.05) is 26.7 Å². The van der Waals surface area contributed by atoms with Crippen LogP contribution in [0.1, 0.15) is 38.2 Å². The van der Waals surface area contributed by atoms with E-state index >= 15 is 0 Å². The minimum atomic E-state index is -0.307. The smallest absolute Gasteiger partial charge is 0.242 e. The van der Waals surface area contributed by atoms with Crippen LogP contribution < -0.4 is 10.1 Å². The maximum atomic E-state index is 13.3. The second-order valence-electron chi connectivity index (χ2n) is 8.10. The van der Waals surface area contributed by atoms with Crippen LogP contribution in [0.3, 0.4) is 0 Å². The molecule has 0 radical (unpaired) electrons. The van der Waals surface area contributed by atoms with Gasteiger partial charge in [-0.1, -0.05) is 19.1 Å². The highest BCUT2D eigenvalue weighted by atomic mass is 16.5. The first-order chi connectivity index (χ1) is 13.1. The molecular formula is C21H29N3O3. The molecule has 0 aliphatic carbocycles. The number of piperazine rings is 1. The Morgan fingerprint density at radius 2 is 2.19 bits per heavy atom. The van der Waals surface area contributed by atoms with Crippen molar-refractivity contribution >= 4 is 11.8 Å². The van der Waals surface area contributed by atoms with Crippen LogP contribution in [0.5, 0.6) is 5.75 Å². The van der Waals surface area contributed by atoms with Crippen LogP contribution in [0.2, 0.25) is 0 Å². The van der Waals surface area contributed by atoms with Crippen molar-refractivity contribution in [2.24, 2.45) is 5.41 Å². The Balaban J connectivity index is 1.41. The predicted octanol–water partition coefficient (Wildman–Crippen LogP) is 1.79. The lowest BCUT2D eigenvalue weighted by molar-refractivity contribution is -0.153. The van der Waals surface area contributed by atoms with Crippen molar-refractivity contribution in [2.45, 2.75) is 51.2 Å². The van der Waals surface area contributed by atoms with E-state index in [4.69, 9.17) is 4.74 Å². The summed E-state index contributed by atoms with van der Waals surface area (Å²) in [5.74, 6) is 1.00. The molecule has 0 spiro atoms. The summed E-state index contributed by atoms with van der Waals surface area (Å²) in [5, 5.41) is 3.60. The van der Waals surface area contributed by atoms with E-state index < -0.39 is 0 Å². The van der Waals surface area contributed by atoms with Crippen LogP contribution in [0.15, 0.2) is 24.3 Å². The number of carbonyl (C=O) groups is 2. The molecule has 2 amide bonds. The Morgan fingerprint density at radius 3 is 2.81 bits per heavy atom. The topological polar surface area (TPSA) is 61.9 Å². The number of amides is 2. The number of carbonyl (C=O) groups excluding carboxylic acids is 2. The lowest BCUT2D eigenvalue weighted by Crippen LogP contribution is -2.57. The van der Waals surface area contributed by atoms with Gasteiger partial charge in [-0.3, -0.25) is 9.59 Å². The van der Waals surface area contributed by atoms with Gasteiger partial charge in [-0.05, 0) is 43.4 Å². The van der Waals surface area contributed by atoms with Gasteiger partial charge in [0.15, 0.2) is 0 Å². The molecule has 3 atom stereocenters. The second kappa shape index (κ2) is 7.15. The lowest BCUT2D eigenvalue weighted by Gasteiger charge is -2.42. The molecule has 3 fully saturated rings. The lowest BCUT2D eigenvalue weighted by atomic mass is 9.70. The summed E-state index contributed by atoms with van der Waals surface area (Å²) in [7, 11) is 1.64. The van der Waals surface area contributed by atoms with Crippen molar-refractivity contribution in [3.63, 3.8) is 0 Å². The number of fused-ring (bicyclic) bond motifs is 2. The first-order valence-corrected chi connectivity index (χ1v) is 10.0. The minimum Gasteiger partial charge on any atom is -0.497 e. The van der Waals surface area contributed by atoms with Gasteiger partial charge >= 0.3 is 0 Å². The molecule has 0 aromatic heterocycles. The van der Waals surface area contributed by atoms with E-state index in [0.717, 1.165) is 30.6 Å². The summed E-state index contributed by atoms with van der Waals surface area (Å²) >= 11 is 0. The zero-order valence-electron chi connectivity index (χ0n) is 16.2. The third-order valence-corrected chi connectivity index (χ3v) is 6.69. The normalized spacial score (nSPS) is 30.1. The molecule has 0 saturated carbocycles. The second-order valence-corrected chi connectivity index (χ2v) is 8.10. The van der Waals surface area contributed by atoms with Crippen molar-refractivity contribution in [3.8, 4) is 5.75 Å². The number of rotatable bonds is 5. The molecule has 146 valence electrons. The standard InChI is InChI=1S/C21H29N3O3/c1-3-21(12-16-7-8-18(21)22-16)20(26)24-10-9-23(19(25)14-24)13-15-5-4-6-17(11-15)27-2/h4-6,11,16,18,22H,3,7-10,12-14H2,1-2H3/t16-,18+,21+/m0/s1. The van der Waals surface area contributed by atoms with Crippen molar-refractivity contribution in [1.82, 2.24) is 15.1 Å². The molecule has 4 rings (SSSR count). The SMILES string of the molecule is CC[C@@]1(C(=O)N2CCN(Cc3cccc(OC)c3)C(=O)C2)C[C@@H]2CC[C@H]1N2. The minimum absolute atomic E-state index is 0.0276. The van der Waals surface area contributed by atoms with E-state index in [1.807, 2.05) is 29.2 Å². The number of nitrogens with one attached hydrogen (secondary N) is 1. The van der Waals surface area contributed by atoms with Crippen LogP contribution >= 0.6 is 0 Å². The van der Waals surface area contributed by atoms with E-state index in [-0.39, 0.29) is 29.8 Å². The Bertz CT molecular complexity index is 737. The fraction of sp³-hybridized carbons (Fsp3) is 0.619. The summed E-state index contributed by atoms with van der Waals surface area (Å²) in [5.41, 5.74) is 0.739. The van der Waals surface area contributed by atoms with Crippen LogP contribution in [0, 0.1) is 5.41 Å². The maximum Gasteiger partial charge on any atom is 0.242 e. The number of hydrogen-bond acceptors (Lipinski definition) is 4. The average molecular weight is 371 g/mol. The molecule has 6 heteroatoms. The van der Waals surface area contributed by atoms with Crippen LogP contribution in [-0.2, 0) is 16.1 Å². The Morgan fingerprint density at radius 1 is 1.33 bits per heavy atom. The first-order valence-electron chi connectivity index (χ1n) is 10.0. The first kappa shape index (κ1) is 18.3. The third kappa shape index (κ3) is 3.20. The Hall–Kier alpha value is -2.08. The fourth-order valence-corrected chi connectivity index (χ4v) is 5.13. The van der Waals surface area contributed by atoms with Crippen molar-refractivity contribution in [1.29, 1.82) is 0 Å². The maximum absolute atomic E-state index is 13.3. The zero-order chi connectivity index (χ0) is 19.0. The summed E-state index contributed by atoms with van der Waals surface area (Å²) in [4.78, 5) is 29.7. The quantitative estimate of drug-likeness (QED) is 0.857. The summed E-state index contributed by atoms with van der Waals surface area (Å²) < 4.78 is 5.26. The fourth-order valence-electron chi connectivity index (χ4n) is 5.13. The van der Waals surface area contributed by atoms with Gasteiger partial charge in [0.25, 0.3) is 0 Å². The number of ether oxygens (including phenoxy) is 1. The van der Waals surface area contributed by atoms with Crippen LogP contribution in [0.25, 0.3) is 0 Å². The van der Waals surface area contributed by atoms with E-state index in [1.165, 1.54) is 6.42 Å². The van der Waals surface area contributed by atoms with Gasteiger partial charge < -0.3 is 19.9 Å². The molecular weight excluding hydrogens is 342 g/mol. The Kier molecular flexibility index (Phi) is 4.84. The number of nitrogens with zero attached hydrogens (tertiary/aromatic N) is 2. The Labute approximate surface area is 160 Å². The van der Waals surface area contributed by atoms with Gasteiger partial charge in [0.05, 0.1) is 19.1 Å². The summed E-state index contributed by atoms with van der Waals surface area (Å²) in [6.45, 7) is 4.07. The van der Waals surface area contributed by atoms with Crippen LogP contribution in [-0.4, -0.2) is 60.4 Å². The molecule has 1 N–H and O–H groups in total. The van der Waals surface area contributed by atoms with E-state index in [0.29, 0.717) is 25.7 Å². The van der Waals surface area contributed by atoms with Crippen LogP contribution in [0.4, 0.5) is 0 Å². The molecule has 6 nitrogen and oxygen atoms in total.